The molecule has 43 valence electrons. The van der Waals surface area contributed by atoms with Crippen LogP contribution in [0.3, 0.4) is 0 Å². The second kappa shape index (κ2) is 1.51. The molecule has 0 aliphatic carbocycles. The number of aromatic nitrogens is 4. The second-order valence-electron chi connectivity index (χ2n) is 1.54. The van der Waals surface area contributed by atoms with Gasteiger partial charge in [-0.1, -0.05) is 0 Å². The van der Waals surface area contributed by atoms with Gasteiger partial charge < -0.3 is 0 Å². The third-order valence-electron chi connectivity index (χ3n) is 0.988. The SMILES string of the molecule is [c]1cnc2nccnn12. The van der Waals surface area contributed by atoms with Crippen molar-refractivity contribution in [3.63, 3.8) is 0 Å². The lowest BCUT2D eigenvalue weighted by atomic mass is 10.9. The Labute approximate surface area is 51.2 Å². The summed E-state index contributed by atoms with van der Waals surface area (Å²) in [6.07, 6.45) is 7.47. The van der Waals surface area contributed by atoms with Gasteiger partial charge >= 0.3 is 0 Å². The smallest absolute Gasteiger partial charge is 0.218 e. The minimum Gasteiger partial charge on any atom is -0.218 e. The summed E-state index contributed by atoms with van der Waals surface area (Å²) in [6.45, 7) is 0. The Hall–Kier alpha value is -1.45. The summed E-state index contributed by atoms with van der Waals surface area (Å²) in [5.41, 5.74) is 0. The van der Waals surface area contributed by atoms with Crippen LogP contribution in [-0.4, -0.2) is 19.6 Å². The Kier molecular flexibility index (Phi) is 0.745. The molecule has 1 radical (unpaired) electrons. The van der Waals surface area contributed by atoms with Crippen LogP contribution in [0.1, 0.15) is 0 Å². The number of rotatable bonds is 0. The fourth-order valence-electron chi connectivity index (χ4n) is 0.623. The lowest BCUT2D eigenvalue weighted by Gasteiger charge is -1.83. The first-order valence-corrected chi connectivity index (χ1v) is 2.49. The molecule has 2 rings (SSSR count). The molecule has 0 atom stereocenters. The molecule has 2 aromatic rings. The van der Waals surface area contributed by atoms with Crippen LogP contribution in [0.25, 0.3) is 5.78 Å². The van der Waals surface area contributed by atoms with Crippen molar-refractivity contribution >= 4 is 5.78 Å². The molecule has 0 spiro atoms. The molecule has 4 nitrogen and oxygen atoms in total. The van der Waals surface area contributed by atoms with Gasteiger partial charge in [-0.05, 0) is 0 Å². The van der Waals surface area contributed by atoms with E-state index in [1.807, 2.05) is 0 Å². The molecule has 2 aromatic heterocycles. The fraction of sp³-hybridized carbons (Fsp3) is 0. The van der Waals surface area contributed by atoms with Crippen molar-refractivity contribution in [3.8, 4) is 0 Å². The molecule has 0 saturated carbocycles. The van der Waals surface area contributed by atoms with Gasteiger partial charge in [0.2, 0.25) is 0 Å². The first kappa shape index (κ1) is 4.43. The summed E-state index contributed by atoms with van der Waals surface area (Å²) in [7, 11) is 0. The van der Waals surface area contributed by atoms with Crippen molar-refractivity contribution < 1.29 is 0 Å². The Balaban J connectivity index is 2.95. The molecule has 0 amide bonds. The van der Waals surface area contributed by atoms with E-state index in [1.165, 1.54) is 10.7 Å². The van der Waals surface area contributed by atoms with Crippen LogP contribution in [0.2, 0.25) is 0 Å². The lowest BCUT2D eigenvalue weighted by Crippen LogP contribution is -1.89. The molecular formula is C5H3N4. The van der Waals surface area contributed by atoms with Crippen LogP contribution >= 0.6 is 0 Å². The van der Waals surface area contributed by atoms with E-state index in [4.69, 9.17) is 0 Å². The molecule has 0 aliphatic rings. The van der Waals surface area contributed by atoms with E-state index in [2.05, 4.69) is 21.3 Å². The zero-order valence-corrected chi connectivity index (χ0v) is 4.52. The predicted octanol–water partition coefficient (Wildman–Crippen LogP) is -0.0755. The van der Waals surface area contributed by atoms with Gasteiger partial charge in [0.25, 0.3) is 5.78 Å². The third-order valence-corrected chi connectivity index (χ3v) is 0.988. The van der Waals surface area contributed by atoms with Crippen molar-refractivity contribution in [1.82, 2.24) is 19.6 Å². The summed E-state index contributed by atoms with van der Waals surface area (Å²) in [5.74, 6) is 0.581. The highest BCUT2D eigenvalue weighted by molar-refractivity contribution is 5.21. The van der Waals surface area contributed by atoms with Crippen molar-refractivity contribution in [3.05, 3.63) is 24.8 Å². The summed E-state index contributed by atoms with van der Waals surface area (Å²) in [4.78, 5) is 7.75. The van der Waals surface area contributed by atoms with Gasteiger partial charge in [-0.15, -0.1) is 0 Å². The quantitative estimate of drug-likeness (QED) is 0.487. The van der Waals surface area contributed by atoms with E-state index < -0.39 is 0 Å². The highest BCUT2D eigenvalue weighted by Crippen LogP contribution is 1.87. The zero-order valence-electron chi connectivity index (χ0n) is 4.52. The Morgan fingerprint density at radius 1 is 1.33 bits per heavy atom. The molecule has 9 heavy (non-hydrogen) atoms. The molecule has 0 unspecified atom stereocenters. The number of hydrogen-bond donors (Lipinski definition) is 0. The molecule has 0 fully saturated rings. The maximum atomic E-state index is 3.90. The van der Waals surface area contributed by atoms with Gasteiger partial charge in [-0.2, -0.15) is 9.61 Å². The molecule has 0 aliphatic heterocycles. The van der Waals surface area contributed by atoms with E-state index in [1.54, 1.807) is 12.4 Å². The average Bonchev–Trinajstić information content (AvgIpc) is 2.33. The monoisotopic (exact) mass is 119 g/mol. The van der Waals surface area contributed by atoms with Crippen LogP contribution in [-0.2, 0) is 0 Å². The Bertz CT molecular complexity index is 283. The number of hydrogen-bond acceptors (Lipinski definition) is 3. The van der Waals surface area contributed by atoms with Crippen LogP contribution in [0, 0.1) is 6.20 Å². The van der Waals surface area contributed by atoms with Gasteiger partial charge in [0.15, 0.2) is 0 Å². The predicted molar refractivity (Wildman–Crippen MR) is 29.6 cm³/mol. The normalized spacial score (nSPS) is 10.2. The Morgan fingerprint density at radius 2 is 2.33 bits per heavy atom. The van der Waals surface area contributed by atoms with Gasteiger partial charge in [0.05, 0.1) is 18.6 Å². The molecule has 0 N–H and O–H groups in total. The van der Waals surface area contributed by atoms with E-state index in [0.717, 1.165) is 0 Å². The standard InChI is InChI=1S/C5H3N4/c1-2-8-9-4-3-7-5(9)6-1/h1-3H. The summed E-state index contributed by atoms with van der Waals surface area (Å²) >= 11 is 0. The van der Waals surface area contributed by atoms with Crippen molar-refractivity contribution in [2.75, 3.05) is 0 Å². The van der Waals surface area contributed by atoms with Crippen LogP contribution in [0.15, 0.2) is 18.6 Å². The average molecular weight is 119 g/mol. The summed E-state index contributed by atoms with van der Waals surface area (Å²) < 4.78 is 1.49. The third kappa shape index (κ3) is 0.561. The fourth-order valence-corrected chi connectivity index (χ4v) is 0.623. The van der Waals surface area contributed by atoms with Crippen molar-refractivity contribution in [2.45, 2.75) is 0 Å². The lowest BCUT2D eigenvalue weighted by molar-refractivity contribution is 0.896. The highest BCUT2D eigenvalue weighted by atomic mass is 15.3. The van der Waals surface area contributed by atoms with Gasteiger partial charge in [-0.25, -0.2) is 9.97 Å². The van der Waals surface area contributed by atoms with Crippen LogP contribution in [0.5, 0.6) is 0 Å². The van der Waals surface area contributed by atoms with Gasteiger partial charge in [-0.3, -0.25) is 0 Å². The highest BCUT2D eigenvalue weighted by Gasteiger charge is 1.89. The zero-order chi connectivity index (χ0) is 6.10. The maximum absolute atomic E-state index is 3.90. The maximum Gasteiger partial charge on any atom is 0.251 e. The topological polar surface area (TPSA) is 43.1 Å². The molecule has 4 heteroatoms. The van der Waals surface area contributed by atoms with Gasteiger partial charge in [0, 0.05) is 0 Å². The number of fused-ring (bicyclic) bond motifs is 1. The number of nitrogens with zero attached hydrogens (tertiary/aromatic N) is 4. The molecule has 0 bridgehead atoms. The first-order valence-electron chi connectivity index (χ1n) is 2.49. The number of imidazole rings is 1. The largest absolute Gasteiger partial charge is 0.251 e. The van der Waals surface area contributed by atoms with Crippen molar-refractivity contribution in [1.29, 1.82) is 0 Å². The van der Waals surface area contributed by atoms with E-state index in [0.29, 0.717) is 5.78 Å². The van der Waals surface area contributed by atoms with Crippen molar-refractivity contribution in [2.24, 2.45) is 0 Å². The summed E-state index contributed by atoms with van der Waals surface area (Å²) in [5, 5.41) is 3.88. The van der Waals surface area contributed by atoms with Crippen LogP contribution < -0.4 is 0 Å². The first-order chi connectivity index (χ1) is 4.47. The minimum absolute atomic E-state index is 0.581. The Morgan fingerprint density at radius 3 is 3.22 bits per heavy atom. The van der Waals surface area contributed by atoms with E-state index in [9.17, 15) is 0 Å². The second-order valence-corrected chi connectivity index (χ2v) is 1.54. The van der Waals surface area contributed by atoms with Gasteiger partial charge in [0.1, 0.15) is 6.20 Å². The summed E-state index contributed by atoms with van der Waals surface area (Å²) in [6, 6.07) is 0. The minimum atomic E-state index is 0.581. The molecule has 0 aromatic carbocycles. The molecule has 2 heterocycles. The van der Waals surface area contributed by atoms with E-state index in [-0.39, 0.29) is 0 Å². The van der Waals surface area contributed by atoms with E-state index >= 15 is 0 Å². The molecular weight excluding hydrogens is 116 g/mol. The molecule has 0 saturated heterocycles. The van der Waals surface area contributed by atoms with Crippen LogP contribution in [0.4, 0.5) is 0 Å².